The summed E-state index contributed by atoms with van der Waals surface area (Å²) in [6.07, 6.45) is 1.95. The monoisotopic (exact) mass is 327 g/mol. The van der Waals surface area contributed by atoms with Crippen LogP contribution >= 0.6 is 0 Å². The predicted octanol–water partition coefficient (Wildman–Crippen LogP) is 3.61. The van der Waals surface area contributed by atoms with Crippen molar-refractivity contribution in [2.24, 2.45) is 0 Å². The predicted molar refractivity (Wildman–Crippen MR) is 90.6 cm³/mol. The summed E-state index contributed by atoms with van der Waals surface area (Å²) in [4.78, 5) is 14.5. The summed E-state index contributed by atoms with van der Waals surface area (Å²) in [6, 6.07) is 15.7. The average molecular weight is 327 g/mol. The standard InChI is InChI=1S/C20H22FNO2/c1-20(24,16-7-3-2-4-8-16)13-19(23)22(18-10-11-18)14-15-6-5-9-17(21)12-15/h2-9,12,18,24H,10-11,13-14H2,1H3. The molecule has 1 aliphatic carbocycles. The lowest BCUT2D eigenvalue weighted by Gasteiger charge is -2.29. The zero-order chi connectivity index (χ0) is 17.2. The highest BCUT2D eigenvalue weighted by molar-refractivity contribution is 5.78. The molecule has 3 nitrogen and oxygen atoms in total. The van der Waals surface area contributed by atoms with Crippen molar-refractivity contribution in [2.75, 3.05) is 0 Å². The first-order valence-corrected chi connectivity index (χ1v) is 8.27. The van der Waals surface area contributed by atoms with E-state index in [4.69, 9.17) is 0 Å². The number of hydrogen-bond donors (Lipinski definition) is 1. The van der Waals surface area contributed by atoms with Gasteiger partial charge in [0.2, 0.25) is 5.91 Å². The maximum Gasteiger partial charge on any atom is 0.226 e. The van der Waals surface area contributed by atoms with Gasteiger partial charge in [0, 0.05) is 12.6 Å². The molecule has 1 aliphatic rings. The summed E-state index contributed by atoms with van der Waals surface area (Å²) in [5.74, 6) is -0.400. The average Bonchev–Trinajstić information content (AvgIpc) is 3.38. The Morgan fingerprint density at radius 3 is 2.54 bits per heavy atom. The number of carbonyl (C=O) groups excluding carboxylic acids is 1. The smallest absolute Gasteiger partial charge is 0.226 e. The van der Waals surface area contributed by atoms with E-state index in [1.165, 1.54) is 12.1 Å². The van der Waals surface area contributed by atoms with Crippen LogP contribution in [0.5, 0.6) is 0 Å². The third-order valence-corrected chi connectivity index (χ3v) is 4.44. The molecule has 1 amide bonds. The third kappa shape index (κ3) is 4.01. The highest BCUT2D eigenvalue weighted by Crippen LogP contribution is 2.32. The zero-order valence-electron chi connectivity index (χ0n) is 13.8. The van der Waals surface area contributed by atoms with Gasteiger partial charge in [-0.25, -0.2) is 4.39 Å². The SMILES string of the molecule is CC(O)(CC(=O)N(Cc1cccc(F)c1)C1CC1)c1ccccc1. The van der Waals surface area contributed by atoms with Crippen molar-refractivity contribution < 1.29 is 14.3 Å². The van der Waals surface area contributed by atoms with Gasteiger partial charge in [0.25, 0.3) is 0 Å². The molecule has 1 fully saturated rings. The van der Waals surface area contributed by atoms with Crippen LogP contribution < -0.4 is 0 Å². The van der Waals surface area contributed by atoms with Crippen LogP contribution in [0.2, 0.25) is 0 Å². The number of hydrogen-bond acceptors (Lipinski definition) is 2. The minimum absolute atomic E-state index is 0.0167. The Labute approximate surface area is 141 Å². The van der Waals surface area contributed by atoms with Crippen molar-refractivity contribution in [1.82, 2.24) is 4.90 Å². The van der Waals surface area contributed by atoms with Crippen LogP contribution in [0.15, 0.2) is 54.6 Å². The molecule has 1 saturated carbocycles. The Morgan fingerprint density at radius 2 is 1.92 bits per heavy atom. The molecule has 2 aromatic rings. The molecule has 24 heavy (non-hydrogen) atoms. The normalized spacial score (nSPS) is 16.5. The Balaban J connectivity index is 1.73. The van der Waals surface area contributed by atoms with Gasteiger partial charge in [-0.1, -0.05) is 42.5 Å². The van der Waals surface area contributed by atoms with E-state index < -0.39 is 5.60 Å². The molecular formula is C20H22FNO2. The molecule has 3 rings (SSSR count). The Bertz CT molecular complexity index is 711. The van der Waals surface area contributed by atoms with E-state index in [1.54, 1.807) is 17.9 Å². The summed E-state index contributed by atoms with van der Waals surface area (Å²) in [5, 5.41) is 10.7. The lowest BCUT2D eigenvalue weighted by Crippen LogP contribution is -2.37. The van der Waals surface area contributed by atoms with Crippen LogP contribution in [0.3, 0.4) is 0 Å². The maximum absolute atomic E-state index is 13.4. The van der Waals surface area contributed by atoms with Gasteiger partial charge in [-0.2, -0.15) is 0 Å². The van der Waals surface area contributed by atoms with Crippen LogP contribution in [-0.2, 0) is 16.9 Å². The van der Waals surface area contributed by atoms with Gasteiger partial charge in [0.15, 0.2) is 0 Å². The first-order valence-electron chi connectivity index (χ1n) is 8.27. The Kier molecular flexibility index (Phi) is 4.67. The Hall–Kier alpha value is -2.20. The molecule has 2 aromatic carbocycles. The summed E-state index contributed by atoms with van der Waals surface area (Å²) >= 11 is 0. The second kappa shape index (κ2) is 6.73. The lowest BCUT2D eigenvalue weighted by atomic mass is 9.92. The molecule has 0 aromatic heterocycles. The number of aliphatic hydroxyl groups is 1. The van der Waals surface area contributed by atoms with E-state index in [1.807, 2.05) is 36.4 Å². The molecule has 0 heterocycles. The summed E-state index contributed by atoms with van der Waals surface area (Å²) in [5.41, 5.74) is 0.280. The fourth-order valence-electron chi connectivity index (χ4n) is 2.93. The van der Waals surface area contributed by atoms with E-state index in [0.717, 1.165) is 24.0 Å². The van der Waals surface area contributed by atoms with E-state index in [-0.39, 0.29) is 24.2 Å². The fourth-order valence-corrected chi connectivity index (χ4v) is 2.93. The van der Waals surface area contributed by atoms with E-state index >= 15 is 0 Å². The second-order valence-electron chi connectivity index (χ2n) is 6.70. The molecule has 0 aliphatic heterocycles. The molecule has 4 heteroatoms. The Morgan fingerprint density at radius 1 is 1.21 bits per heavy atom. The number of carbonyl (C=O) groups is 1. The zero-order valence-corrected chi connectivity index (χ0v) is 13.8. The van der Waals surface area contributed by atoms with Crippen LogP contribution in [-0.4, -0.2) is 22.0 Å². The van der Waals surface area contributed by atoms with Crippen molar-refractivity contribution in [3.63, 3.8) is 0 Å². The lowest BCUT2D eigenvalue weighted by molar-refractivity contribution is -0.137. The first-order chi connectivity index (χ1) is 11.5. The van der Waals surface area contributed by atoms with Crippen molar-refractivity contribution in [3.05, 3.63) is 71.5 Å². The van der Waals surface area contributed by atoms with Crippen molar-refractivity contribution in [3.8, 4) is 0 Å². The number of nitrogens with zero attached hydrogens (tertiary/aromatic N) is 1. The van der Waals surface area contributed by atoms with E-state index in [9.17, 15) is 14.3 Å². The van der Waals surface area contributed by atoms with Gasteiger partial charge in [0.1, 0.15) is 5.82 Å². The van der Waals surface area contributed by atoms with Gasteiger partial charge in [-0.05, 0) is 43.0 Å². The summed E-state index contributed by atoms with van der Waals surface area (Å²) in [6.45, 7) is 2.04. The van der Waals surface area contributed by atoms with E-state index in [2.05, 4.69) is 0 Å². The second-order valence-corrected chi connectivity index (χ2v) is 6.70. The van der Waals surface area contributed by atoms with Gasteiger partial charge >= 0.3 is 0 Å². The molecule has 1 atom stereocenters. The third-order valence-electron chi connectivity index (χ3n) is 4.44. The van der Waals surface area contributed by atoms with Crippen molar-refractivity contribution >= 4 is 5.91 Å². The van der Waals surface area contributed by atoms with Crippen LogP contribution in [0.1, 0.15) is 37.3 Å². The number of benzene rings is 2. The topological polar surface area (TPSA) is 40.5 Å². The van der Waals surface area contributed by atoms with Gasteiger partial charge in [0.05, 0.1) is 12.0 Å². The van der Waals surface area contributed by atoms with Crippen molar-refractivity contribution in [1.29, 1.82) is 0 Å². The fraction of sp³-hybridized carbons (Fsp3) is 0.350. The molecule has 1 N–H and O–H groups in total. The number of amides is 1. The molecular weight excluding hydrogens is 305 g/mol. The molecule has 0 radical (unpaired) electrons. The first kappa shape index (κ1) is 16.7. The van der Waals surface area contributed by atoms with Crippen LogP contribution in [0.25, 0.3) is 0 Å². The van der Waals surface area contributed by atoms with E-state index in [0.29, 0.717) is 6.54 Å². The van der Waals surface area contributed by atoms with Gasteiger partial charge < -0.3 is 10.0 Å². The molecule has 0 saturated heterocycles. The van der Waals surface area contributed by atoms with Gasteiger partial charge in [-0.15, -0.1) is 0 Å². The molecule has 1 unspecified atom stereocenters. The maximum atomic E-state index is 13.4. The highest BCUT2D eigenvalue weighted by Gasteiger charge is 2.36. The minimum Gasteiger partial charge on any atom is -0.385 e. The highest BCUT2D eigenvalue weighted by atomic mass is 19.1. The minimum atomic E-state index is -1.21. The van der Waals surface area contributed by atoms with Crippen LogP contribution in [0, 0.1) is 5.82 Å². The molecule has 0 bridgehead atoms. The van der Waals surface area contributed by atoms with Crippen LogP contribution in [0.4, 0.5) is 4.39 Å². The molecule has 126 valence electrons. The van der Waals surface area contributed by atoms with Gasteiger partial charge in [-0.3, -0.25) is 4.79 Å². The summed E-state index contributed by atoms with van der Waals surface area (Å²) in [7, 11) is 0. The van der Waals surface area contributed by atoms with Crippen molar-refractivity contribution in [2.45, 2.75) is 44.4 Å². The summed E-state index contributed by atoms with van der Waals surface area (Å²) < 4.78 is 13.4. The molecule has 0 spiro atoms. The number of rotatable bonds is 6. The number of halogens is 1. The largest absolute Gasteiger partial charge is 0.385 e. The quantitative estimate of drug-likeness (QED) is 0.880.